The fourth-order valence-corrected chi connectivity index (χ4v) is 21.4. The Bertz CT molecular complexity index is 8990. The van der Waals surface area contributed by atoms with Gasteiger partial charge in [-0.2, -0.15) is 26.3 Å². The molecule has 0 unspecified atom stereocenters. The summed E-state index contributed by atoms with van der Waals surface area (Å²) >= 11 is 0. The summed E-state index contributed by atoms with van der Waals surface area (Å²) in [5.41, 5.74) is 28.3. The average Bonchev–Trinajstić information content (AvgIpc) is 1.54. The standard InChI is InChI=1S/C126H86F6N6/c1-76-28-24-38-84(64-76)86-52-57-100-98-44-20-22-50-110(98)137(116(100)70-86)120-74-92(126(130,131)132)75-121(124(120)109-49-27-47-107(134-109)83-36-10-7-11-37-83)138-111-51-23-21-45-99(111)101-58-53-87(71-117(101)138)85-39-25-33-81(65-85)66-104-97(96-43-19-15-32-80(96)5)59-63-115-122(104)105-69-90(95-42-18-14-31-79(95)4)56-62-114(105)136(115)119-73-91(125(127,128)129)72-118(123(119)108-48-26-46-106(133-108)82-34-8-6-9-35-82)135-112-60-54-88(93-40-16-12-29-77(93)2)67-102(112)103-68-89(55-61-113(103)135)94-41-17-13-30-78(94)3/h6-65,67-75H,66H2,1-5H3. The first-order valence-electron chi connectivity index (χ1n) is 46.5. The molecule has 0 aliphatic carbocycles. The largest absolute Gasteiger partial charge is 0.416 e. The van der Waals surface area contributed by atoms with Crippen LogP contribution < -0.4 is 0 Å². The van der Waals surface area contributed by atoms with Crippen LogP contribution in [0.3, 0.4) is 0 Å². The molecule has 12 heteroatoms. The maximum absolute atomic E-state index is 17.2. The van der Waals surface area contributed by atoms with Gasteiger partial charge in [0.2, 0.25) is 0 Å². The number of benzene rings is 18. The van der Waals surface area contributed by atoms with Crippen LogP contribution >= 0.6 is 0 Å². The molecule has 0 N–H and O–H groups in total. The van der Waals surface area contributed by atoms with Crippen LogP contribution in [0.1, 0.15) is 50.1 Å². The molecule has 0 saturated carbocycles. The number of aryl methyl sites for hydroxylation is 5. The van der Waals surface area contributed by atoms with Gasteiger partial charge in [-0.15, -0.1) is 0 Å². The summed E-state index contributed by atoms with van der Waals surface area (Å²) in [7, 11) is 0. The van der Waals surface area contributed by atoms with Gasteiger partial charge in [0, 0.05) is 65.3 Å². The van der Waals surface area contributed by atoms with E-state index in [0.717, 1.165) is 171 Å². The first kappa shape index (κ1) is 84.1. The van der Waals surface area contributed by atoms with Gasteiger partial charge < -0.3 is 18.3 Å². The normalized spacial score (nSPS) is 12.1. The number of para-hydroxylation sites is 2. The highest BCUT2D eigenvalue weighted by Crippen LogP contribution is 2.52. The molecule has 0 fully saturated rings. The maximum Gasteiger partial charge on any atom is 0.416 e. The van der Waals surface area contributed by atoms with E-state index < -0.39 is 23.5 Å². The molecule has 138 heavy (non-hydrogen) atoms. The van der Waals surface area contributed by atoms with Crippen molar-refractivity contribution in [2.45, 2.75) is 53.4 Å². The number of fused-ring (bicyclic) bond motifs is 12. The third-order valence-electron chi connectivity index (χ3n) is 27.9. The van der Waals surface area contributed by atoms with Crippen molar-refractivity contribution < 1.29 is 26.3 Å². The monoisotopic (exact) mass is 1800 g/mol. The molecule has 6 aromatic heterocycles. The zero-order chi connectivity index (χ0) is 93.5. The quantitative estimate of drug-likeness (QED) is 0.0905. The minimum absolute atomic E-state index is 0.262. The van der Waals surface area contributed by atoms with Crippen molar-refractivity contribution in [3.05, 3.63) is 469 Å². The van der Waals surface area contributed by atoms with Crippen LogP contribution in [0, 0.1) is 34.6 Å². The second-order valence-corrected chi connectivity index (χ2v) is 36.4. The third kappa shape index (κ3) is 14.4. The van der Waals surface area contributed by atoms with Gasteiger partial charge in [-0.3, -0.25) is 0 Å². The maximum atomic E-state index is 17.2. The van der Waals surface area contributed by atoms with Gasteiger partial charge in [-0.25, -0.2) is 9.97 Å². The fourth-order valence-electron chi connectivity index (χ4n) is 21.4. The van der Waals surface area contributed by atoms with Crippen molar-refractivity contribution in [2.75, 3.05) is 0 Å². The van der Waals surface area contributed by atoms with Crippen molar-refractivity contribution in [2.24, 2.45) is 0 Å². The highest BCUT2D eigenvalue weighted by Gasteiger charge is 2.38. The average molecular weight is 1800 g/mol. The lowest BCUT2D eigenvalue weighted by Gasteiger charge is -2.23. The minimum Gasteiger partial charge on any atom is -0.308 e. The lowest BCUT2D eigenvalue weighted by atomic mass is 9.88. The van der Waals surface area contributed by atoms with E-state index in [9.17, 15) is 0 Å². The smallest absolute Gasteiger partial charge is 0.308 e. The van der Waals surface area contributed by atoms with E-state index in [0.29, 0.717) is 79.1 Å². The van der Waals surface area contributed by atoms with Crippen LogP contribution in [0.2, 0.25) is 0 Å². The minimum atomic E-state index is -4.89. The number of rotatable bonds is 16. The van der Waals surface area contributed by atoms with Gasteiger partial charge >= 0.3 is 12.4 Å². The zero-order valence-electron chi connectivity index (χ0n) is 76.0. The van der Waals surface area contributed by atoms with E-state index in [4.69, 9.17) is 9.97 Å². The van der Waals surface area contributed by atoms with Gasteiger partial charge in [-0.1, -0.05) is 309 Å². The molecule has 6 heterocycles. The molecular weight excluding hydrogens is 1710 g/mol. The Morgan fingerprint density at radius 2 is 0.551 bits per heavy atom. The lowest BCUT2D eigenvalue weighted by Crippen LogP contribution is -2.11. The molecule has 0 amide bonds. The number of halogens is 6. The highest BCUT2D eigenvalue weighted by atomic mass is 19.4. The van der Waals surface area contributed by atoms with Crippen LogP contribution in [0.15, 0.2) is 419 Å². The summed E-state index contributed by atoms with van der Waals surface area (Å²) in [5, 5.41) is 6.78. The topological polar surface area (TPSA) is 45.5 Å². The Balaban J connectivity index is 0.749. The molecule has 0 radical (unpaired) electrons. The number of aromatic nitrogens is 6. The van der Waals surface area contributed by atoms with Crippen LogP contribution in [0.4, 0.5) is 26.3 Å². The van der Waals surface area contributed by atoms with Gasteiger partial charge in [0.1, 0.15) is 0 Å². The molecule has 0 aliphatic rings. The van der Waals surface area contributed by atoms with E-state index in [1.165, 1.54) is 24.3 Å². The molecule has 662 valence electrons. The summed E-state index contributed by atoms with van der Waals surface area (Å²) in [5.74, 6) is 0. The van der Waals surface area contributed by atoms with E-state index in [-0.39, 0.29) is 17.1 Å². The van der Waals surface area contributed by atoms with Crippen molar-refractivity contribution in [3.8, 4) is 135 Å². The second-order valence-electron chi connectivity index (χ2n) is 36.4. The van der Waals surface area contributed by atoms with Gasteiger partial charge in [-0.05, 0) is 256 Å². The predicted octanol–water partition coefficient (Wildman–Crippen LogP) is 34.7. The first-order valence-corrected chi connectivity index (χ1v) is 46.5. The molecule has 0 aliphatic heterocycles. The van der Waals surface area contributed by atoms with Crippen LogP contribution in [0.25, 0.3) is 222 Å². The third-order valence-corrected chi connectivity index (χ3v) is 27.9. The summed E-state index contributed by atoms with van der Waals surface area (Å²) < 4.78 is 110. The molecule has 0 saturated heterocycles. The van der Waals surface area contributed by atoms with Gasteiger partial charge in [0.15, 0.2) is 0 Å². The van der Waals surface area contributed by atoms with E-state index in [1.807, 2.05) is 208 Å². The number of hydrogen-bond acceptors (Lipinski definition) is 2. The van der Waals surface area contributed by atoms with Crippen molar-refractivity contribution in [1.82, 2.24) is 28.2 Å². The van der Waals surface area contributed by atoms with Crippen LogP contribution in [-0.4, -0.2) is 28.2 Å². The molecule has 24 aromatic rings. The molecule has 6 nitrogen and oxygen atoms in total. The number of pyridine rings is 2. The van der Waals surface area contributed by atoms with E-state index in [2.05, 4.69) is 239 Å². The Kier molecular flexibility index (Phi) is 20.3. The highest BCUT2D eigenvalue weighted by molar-refractivity contribution is 6.18. The molecule has 0 bridgehead atoms. The summed E-state index contributed by atoms with van der Waals surface area (Å²) in [6, 6.07) is 138. The zero-order valence-corrected chi connectivity index (χ0v) is 76.0. The molecule has 0 atom stereocenters. The molecule has 0 spiro atoms. The van der Waals surface area contributed by atoms with E-state index in [1.54, 1.807) is 0 Å². The molecule has 24 rings (SSSR count). The summed E-state index contributed by atoms with van der Waals surface area (Å²) in [4.78, 5) is 11.1. The SMILES string of the molecule is Cc1cccc(-c2ccc3c4ccccc4n(-c4cc(C(F)(F)F)cc(-n5c6ccccc6c6ccc(-c7cccc(Cc8c(-c9ccccc9C)ccc9c8c8cc(-c%10ccccc%10C)ccc8n9-c8cc(C(F)(F)F)cc(-n9c%10ccc(-c%11ccccc%11C)cc%10c%10cc(-c%11ccccc%11C)ccc%109)c8-c8cccc(-c9ccccc9)n8)c7)cc65)c4-c4cccc(-c5ccccc5)n4)c3c2)c1. The molecule has 18 aromatic carbocycles. The predicted molar refractivity (Wildman–Crippen MR) is 557 cm³/mol. The van der Waals surface area contributed by atoms with Crippen LogP contribution in [-0.2, 0) is 18.8 Å². The van der Waals surface area contributed by atoms with Gasteiger partial charge in [0.05, 0.1) is 101 Å². The van der Waals surface area contributed by atoms with Crippen molar-refractivity contribution in [1.29, 1.82) is 0 Å². The first-order chi connectivity index (χ1) is 67.3. The summed E-state index contributed by atoms with van der Waals surface area (Å²) in [6.07, 6.45) is -9.40. The van der Waals surface area contributed by atoms with Crippen molar-refractivity contribution in [3.63, 3.8) is 0 Å². The number of hydrogen-bond donors (Lipinski definition) is 0. The lowest BCUT2D eigenvalue weighted by molar-refractivity contribution is -0.138. The summed E-state index contributed by atoms with van der Waals surface area (Å²) in [6.45, 7) is 10.5. The van der Waals surface area contributed by atoms with Crippen LogP contribution in [0.5, 0.6) is 0 Å². The Labute approximate surface area is 793 Å². The van der Waals surface area contributed by atoms with E-state index >= 15 is 26.3 Å². The fraction of sp³-hybridized carbons (Fsp3) is 0.0635. The second kappa shape index (κ2) is 33.3. The Hall–Kier alpha value is -17.0. The van der Waals surface area contributed by atoms with Crippen molar-refractivity contribution >= 4 is 87.2 Å². The molecular formula is C126H86F6N6. The Morgan fingerprint density at radius 3 is 1.00 bits per heavy atom. The van der Waals surface area contributed by atoms with Gasteiger partial charge in [0.25, 0.3) is 0 Å². The number of alkyl halides is 6. The number of nitrogens with zero attached hydrogens (tertiary/aromatic N) is 6. The Morgan fingerprint density at radius 1 is 0.217 bits per heavy atom.